The zero-order valence-electron chi connectivity index (χ0n) is 19.7. The number of nitrogens with one attached hydrogen (secondary N) is 2. The van der Waals surface area contributed by atoms with Crippen LogP contribution in [0.5, 0.6) is 5.75 Å². The number of hydrogen-bond donors (Lipinski definition) is 3. The first-order valence-corrected chi connectivity index (χ1v) is 11.8. The monoisotopic (exact) mass is 498 g/mol. The van der Waals surface area contributed by atoms with E-state index >= 15 is 0 Å². The molecule has 3 heterocycles. The predicted molar refractivity (Wildman–Crippen MR) is 129 cm³/mol. The molecular formula is C22H26N8O4S. The summed E-state index contributed by atoms with van der Waals surface area (Å²) in [6, 6.07) is 7.86. The van der Waals surface area contributed by atoms with Crippen molar-refractivity contribution in [1.29, 1.82) is 0 Å². The summed E-state index contributed by atoms with van der Waals surface area (Å²) in [6.07, 6.45) is 0. The Hall–Kier alpha value is -4.00. The normalized spacial score (nSPS) is 15.5. The Labute approximate surface area is 205 Å². The van der Waals surface area contributed by atoms with E-state index in [4.69, 9.17) is 15.3 Å². The smallest absolute Gasteiger partial charge is 0.338 e. The zero-order valence-corrected chi connectivity index (χ0v) is 20.5. The van der Waals surface area contributed by atoms with Crippen molar-refractivity contribution in [2.45, 2.75) is 32.0 Å². The first-order chi connectivity index (χ1) is 16.8. The number of nitrogen functional groups attached to an aromatic ring is 1. The van der Waals surface area contributed by atoms with Crippen LogP contribution in [-0.4, -0.2) is 56.1 Å². The summed E-state index contributed by atoms with van der Waals surface area (Å²) in [5.41, 5.74) is 3.09. The first-order valence-electron chi connectivity index (χ1n) is 10.8. The van der Waals surface area contributed by atoms with Crippen LogP contribution in [0.1, 0.15) is 29.9 Å². The van der Waals surface area contributed by atoms with Gasteiger partial charge in [-0.15, -0.1) is 10.2 Å². The second-order valence-corrected chi connectivity index (χ2v) is 8.64. The molecule has 0 bridgehead atoms. The Balaban J connectivity index is 1.65. The molecule has 4 N–H and O–H groups in total. The van der Waals surface area contributed by atoms with E-state index in [0.29, 0.717) is 33.7 Å². The average molecular weight is 499 g/mol. The number of carbonyl (C=O) groups is 2. The van der Waals surface area contributed by atoms with Crippen molar-refractivity contribution in [3.63, 3.8) is 0 Å². The van der Waals surface area contributed by atoms with Crippen LogP contribution < -0.4 is 21.2 Å². The summed E-state index contributed by atoms with van der Waals surface area (Å²) in [5.74, 6) is 6.91. The van der Waals surface area contributed by atoms with Crippen molar-refractivity contribution >= 4 is 23.8 Å². The minimum atomic E-state index is -0.703. The van der Waals surface area contributed by atoms with Crippen LogP contribution >= 0.6 is 11.8 Å². The lowest BCUT2D eigenvalue weighted by atomic mass is 9.95. The molecule has 1 aliphatic heterocycles. The third-order valence-electron chi connectivity index (χ3n) is 5.29. The molecule has 13 heteroatoms. The maximum absolute atomic E-state index is 13.0. The quantitative estimate of drug-likeness (QED) is 0.240. The number of thioether (sulfide) groups is 1. The SMILES string of the molecule is CCOC(=O)C1=C(CSc2nnc(-n3nc(C)cc3C)n2N)NC(=O)N[C@H]1c1ccc(OC)cc1. The van der Waals surface area contributed by atoms with E-state index in [9.17, 15) is 9.59 Å². The van der Waals surface area contributed by atoms with Crippen molar-refractivity contribution < 1.29 is 19.1 Å². The molecular weight excluding hydrogens is 472 g/mol. The number of carbonyl (C=O) groups excluding carboxylic acids is 2. The van der Waals surface area contributed by atoms with E-state index in [2.05, 4.69) is 25.9 Å². The number of esters is 1. The molecule has 184 valence electrons. The fraction of sp³-hybridized carbons (Fsp3) is 0.318. The Morgan fingerprint density at radius 2 is 1.97 bits per heavy atom. The number of benzene rings is 1. The van der Waals surface area contributed by atoms with Crippen molar-refractivity contribution in [3.05, 3.63) is 58.6 Å². The summed E-state index contributed by atoms with van der Waals surface area (Å²) in [5, 5.41) is 18.6. The first kappa shape index (κ1) is 24.1. The van der Waals surface area contributed by atoms with Crippen molar-refractivity contribution in [2.75, 3.05) is 25.3 Å². The molecule has 12 nitrogen and oxygen atoms in total. The van der Waals surface area contributed by atoms with Crippen LogP contribution in [0, 0.1) is 13.8 Å². The van der Waals surface area contributed by atoms with Gasteiger partial charge in [-0.1, -0.05) is 23.9 Å². The van der Waals surface area contributed by atoms with E-state index < -0.39 is 18.0 Å². The Morgan fingerprint density at radius 3 is 2.60 bits per heavy atom. The van der Waals surface area contributed by atoms with Gasteiger partial charge in [-0.25, -0.2) is 18.9 Å². The molecule has 0 spiro atoms. The number of aryl methyl sites for hydroxylation is 2. The van der Waals surface area contributed by atoms with E-state index in [1.807, 2.05) is 19.9 Å². The van der Waals surface area contributed by atoms with Crippen LogP contribution in [0.4, 0.5) is 4.79 Å². The second-order valence-electron chi connectivity index (χ2n) is 7.70. The van der Waals surface area contributed by atoms with E-state index in [1.165, 1.54) is 16.4 Å². The lowest BCUT2D eigenvalue weighted by molar-refractivity contribution is -0.139. The second kappa shape index (κ2) is 10.1. The Morgan fingerprint density at radius 1 is 1.23 bits per heavy atom. The van der Waals surface area contributed by atoms with Crippen molar-refractivity contribution in [3.8, 4) is 11.7 Å². The van der Waals surface area contributed by atoms with Crippen LogP contribution in [-0.2, 0) is 9.53 Å². The number of aromatic nitrogens is 5. The molecule has 0 aliphatic carbocycles. The van der Waals surface area contributed by atoms with E-state index in [-0.39, 0.29) is 12.4 Å². The molecule has 1 aliphatic rings. The van der Waals surface area contributed by atoms with Gasteiger partial charge in [-0.05, 0) is 44.5 Å². The minimum Gasteiger partial charge on any atom is -0.497 e. The summed E-state index contributed by atoms with van der Waals surface area (Å²) in [4.78, 5) is 25.5. The number of rotatable bonds is 8. The molecule has 1 atom stereocenters. The van der Waals surface area contributed by atoms with Crippen molar-refractivity contribution in [2.24, 2.45) is 0 Å². The van der Waals surface area contributed by atoms with Gasteiger partial charge < -0.3 is 25.9 Å². The molecule has 4 rings (SSSR count). The third kappa shape index (κ3) is 4.94. The topological polar surface area (TPSA) is 151 Å². The highest BCUT2D eigenvalue weighted by atomic mass is 32.2. The van der Waals surface area contributed by atoms with Gasteiger partial charge in [0.15, 0.2) is 0 Å². The highest BCUT2D eigenvalue weighted by molar-refractivity contribution is 7.99. The third-order valence-corrected chi connectivity index (χ3v) is 6.26. The van der Waals surface area contributed by atoms with E-state index in [0.717, 1.165) is 11.4 Å². The lowest BCUT2D eigenvalue weighted by Crippen LogP contribution is -2.46. The van der Waals surface area contributed by atoms with Gasteiger partial charge in [-0.3, -0.25) is 0 Å². The highest BCUT2D eigenvalue weighted by Gasteiger charge is 2.34. The van der Waals surface area contributed by atoms with Gasteiger partial charge in [0, 0.05) is 17.1 Å². The zero-order chi connectivity index (χ0) is 25.1. The number of nitrogens with zero attached hydrogens (tertiary/aromatic N) is 5. The standard InChI is InChI=1S/C22H26N8O4S/c1-5-34-19(31)17-16(24-20(32)25-18(17)14-6-8-15(33-4)9-7-14)11-35-22-27-26-21(29(22)23)30-13(3)10-12(2)28-30/h6-10,18H,5,11,23H2,1-4H3,(H2,24,25,32)/t18-/m0/s1. The maximum atomic E-state index is 13.0. The average Bonchev–Trinajstić information content (AvgIpc) is 3.37. The largest absolute Gasteiger partial charge is 0.497 e. The van der Waals surface area contributed by atoms with Gasteiger partial charge in [-0.2, -0.15) is 5.10 Å². The molecule has 2 amide bonds. The highest BCUT2D eigenvalue weighted by Crippen LogP contribution is 2.31. The summed E-state index contributed by atoms with van der Waals surface area (Å²) in [6.45, 7) is 5.68. The summed E-state index contributed by atoms with van der Waals surface area (Å²) < 4.78 is 13.4. The molecule has 0 saturated heterocycles. The number of nitrogens with two attached hydrogens (primary N) is 1. The molecule has 3 aromatic rings. The van der Waals surface area contributed by atoms with Gasteiger partial charge in [0.1, 0.15) is 5.75 Å². The molecule has 0 radical (unpaired) electrons. The summed E-state index contributed by atoms with van der Waals surface area (Å²) >= 11 is 1.22. The van der Waals surface area contributed by atoms with Gasteiger partial charge in [0.2, 0.25) is 5.16 Å². The van der Waals surface area contributed by atoms with Gasteiger partial charge >= 0.3 is 12.0 Å². The molecule has 0 unspecified atom stereocenters. The lowest BCUT2D eigenvalue weighted by Gasteiger charge is -2.29. The molecule has 1 aromatic carbocycles. The Bertz CT molecular complexity index is 1280. The molecule has 0 saturated carbocycles. The molecule has 35 heavy (non-hydrogen) atoms. The number of amides is 2. The van der Waals surface area contributed by atoms with Gasteiger partial charge in [0.25, 0.3) is 5.95 Å². The minimum absolute atomic E-state index is 0.190. The maximum Gasteiger partial charge on any atom is 0.338 e. The molecule has 0 fully saturated rings. The molecule has 2 aromatic heterocycles. The van der Waals surface area contributed by atoms with Crippen LogP contribution in [0.25, 0.3) is 5.95 Å². The van der Waals surface area contributed by atoms with Gasteiger partial charge in [0.05, 0.1) is 31.0 Å². The number of methoxy groups -OCH3 is 1. The van der Waals surface area contributed by atoms with Crippen LogP contribution in [0.3, 0.4) is 0 Å². The number of urea groups is 1. The Kier molecular flexibility index (Phi) is 6.96. The predicted octanol–water partition coefficient (Wildman–Crippen LogP) is 1.77. The van der Waals surface area contributed by atoms with Crippen molar-refractivity contribution in [1.82, 2.24) is 35.3 Å². The number of hydrogen-bond acceptors (Lipinski definition) is 9. The van der Waals surface area contributed by atoms with Crippen LogP contribution in [0.15, 0.2) is 46.8 Å². The fourth-order valence-corrected chi connectivity index (χ4v) is 4.53. The summed E-state index contributed by atoms with van der Waals surface area (Å²) in [7, 11) is 1.57. The number of ether oxygens (including phenoxy) is 2. The van der Waals surface area contributed by atoms with E-state index in [1.54, 1.807) is 43.0 Å². The van der Waals surface area contributed by atoms with Crippen LogP contribution in [0.2, 0.25) is 0 Å². The fourth-order valence-electron chi connectivity index (χ4n) is 3.71.